The Kier molecular flexibility index (Phi) is 4.53. The summed E-state index contributed by atoms with van der Waals surface area (Å²) in [4.78, 5) is 13.5. The summed E-state index contributed by atoms with van der Waals surface area (Å²) in [6.07, 6.45) is 0.940. The molecule has 0 N–H and O–H groups in total. The number of methoxy groups -OCH3 is 1. The smallest absolute Gasteiger partial charge is 0.349 e. The average molecular weight is 337 g/mol. The molecule has 0 aliphatic carbocycles. The average Bonchev–Trinajstić information content (AvgIpc) is 3.16. The summed E-state index contributed by atoms with van der Waals surface area (Å²) in [6, 6.07) is 8.58. The summed E-state index contributed by atoms with van der Waals surface area (Å²) in [6.45, 7) is 0.315. The molecule has 0 spiro atoms. The van der Waals surface area contributed by atoms with E-state index in [1.54, 1.807) is 12.1 Å². The van der Waals surface area contributed by atoms with Gasteiger partial charge in [-0.05, 0) is 36.4 Å². The molecule has 2 aromatic rings. The van der Waals surface area contributed by atoms with Gasteiger partial charge in [-0.2, -0.15) is 8.78 Å². The molecule has 128 valence electrons. The van der Waals surface area contributed by atoms with Gasteiger partial charge >= 0.3 is 5.92 Å². The van der Waals surface area contributed by atoms with Crippen LogP contribution in [-0.4, -0.2) is 37.6 Å². The zero-order chi connectivity index (χ0) is 17.2. The summed E-state index contributed by atoms with van der Waals surface area (Å²) >= 11 is 0. The van der Waals surface area contributed by atoms with Crippen molar-refractivity contribution in [3.63, 3.8) is 0 Å². The molecule has 0 saturated carbocycles. The highest BCUT2D eigenvalue weighted by molar-refractivity contribution is 5.85. The second-order valence-electron chi connectivity index (χ2n) is 5.43. The van der Waals surface area contributed by atoms with Crippen LogP contribution in [0.5, 0.6) is 5.75 Å². The van der Waals surface area contributed by atoms with Crippen LogP contribution < -0.4 is 4.74 Å². The fourth-order valence-corrected chi connectivity index (χ4v) is 2.60. The van der Waals surface area contributed by atoms with Gasteiger partial charge in [0.25, 0.3) is 5.91 Å². The molecule has 5 nitrogen and oxygen atoms in total. The summed E-state index contributed by atoms with van der Waals surface area (Å²) in [7, 11) is 1.45. The van der Waals surface area contributed by atoms with Crippen molar-refractivity contribution in [3.8, 4) is 5.75 Å². The van der Waals surface area contributed by atoms with Gasteiger partial charge in [-0.3, -0.25) is 4.79 Å². The van der Waals surface area contributed by atoms with E-state index in [-0.39, 0.29) is 25.3 Å². The fourth-order valence-electron chi connectivity index (χ4n) is 2.60. The molecule has 0 radical (unpaired) electrons. The van der Waals surface area contributed by atoms with Crippen molar-refractivity contribution in [1.29, 1.82) is 0 Å². The molecule has 3 rings (SSSR count). The normalized spacial score (nSPS) is 18.5. The van der Waals surface area contributed by atoms with Crippen molar-refractivity contribution in [1.82, 2.24) is 4.90 Å². The molecule has 0 unspecified atom stereocenters. The number of hydrogen-bond acceptors (Lipinski definition) is 4. The van der Waals surface area contributed by atoms with Gasteiger partial charge < -0.3 is 18.8 Å². The fraction of sp³-hybridized carbons (Fsp3) is 0.353. The number of hydrogen-bond donors (Lipinski definition) is 0. The summed E-state index contributed by atoms with van der Waals surface area (Å²) < 4.78 is 44.8. The number of rotatable bonds is 4. The largest absolute Gasteiger partial charge is 0.497 e. The highest BCUT2D eigenvalue weighted by Crippen LogP contribution is 2.33. The number of nitrogens with zero attached hydrogens (tertiary/aromatic N) is 1. The molecule has 1 aromatic carbocycles. The minimum atomic E-state index is -3.61. The minimum Gasteiger partial charge on any atom is -0.497 e. The van der Waals surface area contributed by atoms with Gasteiger partial charge in [0, 0.05) is 12.1 Å². The van der Waals surface area contributed by atoms with Gasteiger partial charge in [-0.15, -0.1) is 0 Å². The summed E-state index contributed by atoms with van der Waals surface area (Å²) in [5, 5.41) is 0. The van der Waals surface area contributed by atoms with E-state index in [0.717, 1.165) is 4.90 Å². The Bertz CT molecular complexity index is 685. The van der Waals surface area contributed by atoms with Crippen LogP contribution in [0.3, 0.4) is 0 Å². The van der Waals surface area contributed by atoms with Crippen LogP contribution in [0.2, 0.25) is 0 Å². The first-order valence-corrected chi connectivity index (χ1v) is 7.49. The molecular formula is C17H17F2NO4. The van der Waals surface area contributed by atoms with Gasteiger partial charge in [0.15, 0.2) is 0 Å². The van der Waals surface area contributed by atoms with Crippen molar-refractivity contribution in [3.05, 3.63) is 54.0 Å². The molecule has 1 saturated heterocycles. The van der Waals surface area contributed by atoms with Gasteiger partial charge in [0.1, 0.15) is 17.6 Å². The molecule has 1 amide bonds. The number of amides is 1. The number of morpholine rings is 1. The Hall–Kier alpha value is -2.41. The van der Waals surface area contributed by atoms with E-state index in [2.05, 4.69) is 0 Å². The first-order valence-electron chi connectivity index (χ1n) is 7.49. The van der Waals surface area contributed by atoms with Crippen molar-refractivity contribution >= 4 is 5.91 Å². The Labute approximate surface area is 137 Å². The number of benzene rings is 1. The highest BCUT2D eigenvalue weighted by atomic mass is 19.3. The molecule has 2 heterocycles. The van der Waals surface area contributed by atoms with E-state index in [1.165, 1.54) is 37.6 Å². The van der Waals surface area contributed by atoms with Gasteiger partial charge in [0.05, 0.1) is 26.5 Å². The topological polar surface area (TPSA) is 51.9 Å². The maximum absolute atomic E-state index is 14.5. The lowest BCUT2D eigenvalue weighted by molar-refractivity contribution is -0.166. The standard InChI is InChI=1S/C17H17F2NO4/c1-22-13-6-4-12(5-7-13)17(18,19)16(21)20-8-10-24-15(11-20)14-3-2-9-23-14/h2-7,9,15H,8,10-11H2,1H3/t15-/m0/s1. The third-order valence-electron chi connectivity index (χ3n) is 3.94. The molecule has 0 bridgehead atoms. The summed E-state index contributed by atoms with van der Waals surface area (Å²) in [5.41, 5.74) is -0.366. The molecular weight excluding hydrogens is 320 g/mol. The Morgan fingerprint density at radius 1 is 1.29 bits per heavy atom. The second kappa shape index (κ2) is 6.60. The first-order chi connectivity index (χ1) is 11.5. The zero-order valence-electron chi connectivity index (χ0n) is 13.1. The monoisotopic (exact) mass is 337 g/mol. The van der Waals surface area contributed by atoms with E-state index < -0.39 is 17.9 Å². The van der Waals surface area contributed by atoms with Gasteiger partial charge in [0.2, 0.25) is 0 Å². The van der Waals surface area contributed by atoms with E-state index >= 15 is 0 Å². The van der Waals surface area contributed by atoms with Gasteiger partial charge in [-0.1, -0.05) is 0 Å². The van der Waals surface area contributed by atoms with Crippen molar-refractivity contribution in [2.45, 2.75) is 12.0 Å². The zero-order valence-corrected chi connectivity index (χ0v) is 13.1. The summed E-state index contributed by atoms with van der Waals surface area (Å²) in [5.74, 6) is -3.89. The maximum atomic E-state index is 14.5. The van der Waals surface area contributed by atoms with E-state index in [4.69, 9.17) is 13.9 Å². The van der Waals surface area contributed by atoms with Crippen molar-refractivity contribution in [2.24, 2.45) is 0 Å². The van der Waals surface area contributed by atoms with E-state index in [0.29, 0.717) is 11.5 Å². The lowest BCUT2D eigenvalue weighted by Gasteiger charge is -2.34. The molecule has 1 aromatic heterocycles. The van der Waals surface area contributed by atoms with Crippen LogP contribution in [-0.2, 0) is 15.5 Å². The Balaban J connectivity index is 1.76. The number of furan rings is 1. The predicted molar refractivity (Wildman–Crippen MR) is 80.9 cm³/mol. The van der Waals surface area contributed by atoms with Crippen LogP contribution in [0.25, 0.3) is 0 Å². The maximum Gasteiger partial charge on any atom is 0.349 e. The third kappa shape index (κ3) is 3.12. The second-order valence-corrected chi connectivity index (χ2v) is 5.43. The van der Waals surface area contributed by atoms with E-state index in [1.807, 2.05) is 0 Å². The SMILES string of the molecule is COc1ccc(C(F)(F)C(=O)N2CCO[C@H](c3ccco3)C2)cc1. The van der Waals surface area contributed by atoms with Crippen LogP contribution >= 0.6 is 0 Å². The third-order valence-corrected chi connectivity index (χ3v) is 3.94. The lowest BCUT2D eigenvalue weighted by Crippen LogP contribution is -2.48. The predicted octanol–water partition coefficient (Wildman–Crippen LogP) is 2.98. The highest BCUT2D eigenvalue weighted by Gasteiger charge is 2.45. The van der Waals surface area contributed by atoms with Crippen molar-refractivity contribution in [2.75, 3.05) is 26.8 Å². The van der Waals surface area contributed by atoms with Crippen LogP contribution in [0.1, 0.15) is 17.4 Å². The molecule has 1 atom stereocenters. The molecule has 1 aliphatic heterocycles. The number of halogens is 2. The van der Waals surface area contributed by atoms with Crippen LogP contribution in [0.4, 0.5) is 8.78 Å². The minimum absolute atomic E-state index is 0.0259. The lowest BCUT2D eigenvalue weighted by atomic mass is 10.1. The molecule has 7 heteroatoms. The number of carbonyl (C=O) groups is 1. The number of carbonyl (C=O) groups excluding carboxylic acids is 1. The van der Waals surface area contributed by atoms with E-state index in [9.17, 15) is 13.6 Å². The Morgan fingerprint density at radius 2 is 2.04 bits per heavy atom. The van der Waals surface area contributed by atoms with Crippen LogP contribution in [0, 0.1) is 0 Å². The van der Waals surface area contributed by atoms with Crippen molar-refractivity contribution < 1.29 is 27.5 Å². The quantitative estimate of drug-likeness (QED) is 0.861. The molecule has 1 aliphatic rings. The number of ether oxygens (including phenoxy) is 2. The molecule has 1 fully saturated rings. The van der Waals surface area contributed by atoms with Crippen LogP contribution in [0.15, 0.2) is 47.1 Å². The molecule has 24 heavy (non-hydrogen) atoms. The Morgan fingerprint density at radius 3 is 2.67 bits per heavy atom. The van der Waals surface area contributed by atoms with Gasteiger partial charge in [-0.25, -0.2) is 0 Å². The number of alkyl halides is 2. The first kappa shape index (κ1) is 16.4.